The highest BCUT2D eigenvalue weighted by atomic mass is 32.2. The minimum atomic E-state index is 0.333. The van der Waals surface area contributed by atoms with Crippen molar-refractivity contribution in [2.24, 2.45) is 0 Å². The number of rotatable bonds is 8. The summed E-state index contributed by atoms with van der Waals surface area (Å²) in [4.78, 5) is 0. The normalized spacial score (nSPS) is 15.9. The average Bonchev–Trinajstić information content (AvgIpc) is 2.17. The molecule has 86 valence electrons. The van der Waals surface area contributed by atoms with Crippen LogP contribution in [0.4, 0.5) is 0 Å². The lowest BCUT2D eigenvalue weighted by Gasteiger charge is -2.19. The lowest BCUT2D eigenvalue weighted by Crippen LogP contribution is -2.34. The van der Waals surface area contributed by atoms with Crippen LogP contribution in [0.3, 0.4) is 0 Å². The second kappa shape index (κ2) is 8.57. The van der Waals surface area contributed by atoms with Gasteiger partial charge in [-0.25, -0.2) is 0 Å². The Bertz CT molecular complexity index is 130. The summed E-state index contributed by atoms with van der Waals surface area (Å²) in [6, 6.07) is 0.483. The van der Waals surface area contributed by atoms with Gasteiger partial charge in [-0.3, -0.25) is 0 Å². The molecule has 0 saturated heterocycles. The summed E-state index contributed by atoms with van der Waals surface area (Å²) in [6.07, 6.45) is 1.58. The van der Waals surface area contributed by atoms with Gasteiger partial charge in [-0.15, -0.1) is 0 Å². The zero-order chi connectivity index (χ0) is 11.0. The molecule has 2 nitrogen and oxygen atoms in total. The van der Waals surface area contributed by atoms with Gasteiger partial charge in [0.25, 0.3) is 0 Å². The van der Waals surface area contributed by atoms with Gasteiger partial charge < -0.3 is 10.1 Å². The van der Waals surface area contributed by atoms with Crippen LogP contribution in [0.1, 0.15) is 34.1 Å². The first kappa shape index (κ1) is 14.3. The number of nitrogens with one attached hydrogen (secondary N) is 1. The molecule has 0 bridgehead atoms. The molecule has 2 unspecified atom stereocenters. The highest BCUT2D eigenvalue weighted by Crippen LogP contribution is 2.14. The molecule has 0 amide bonds. The van der Waals surface area contributed by atoms with Gasteiger partial charge in [0.05, 0.1) is 12.7 Å². The van der Waals surface area contributed by atoms with Crippen molar-refractivity contribution in [1.82, 2.24) is 5.32 Å². The molecule has 0 aromatic rings. The number of hydrogen-bond donors (Lipinski definition) is 1. The lowest BCUT2D eigenvalue weighted by atomic mass is 10.3. The first-order valence-corrected chi connectivity index (χ1v) is 6.55. The molecule has 0 fully saturated rings. The Balaban J connectivity index is 3.57. The number of thioether (sulfide) groups is 1. The van der Waals surface area contributed by atoms with Gasteiger partial charge >= 0.3 is 0 Å². The zero-order valence-corrected chi connectivity index (χ0v) is 11.0. The van der Waals surface area contributed by atoms with Gasteiger partial charge in [0.15, 0.2) is 0 Å². The van der Waals surface area contributed by atoms with Crippen LogP contribution in [-0.2, 0) is 4.74 Å². The summed E-state index contributed by atoms with van der Waals surface area (Å²) < 4.78 is 5.58. The van der Waals surface area contributed by atoms with Crippen LogP contribution in [0.25, 0.3) is 0 Å². The highest BCUT2D eigenvalue weighted by Gasteiger charge is 2.09. The van der Waals surface area contributed by atoms with E-state index in [0.717, 1.165) is 17.6 Å². The molecule has 1 N–H and O–H groups in total. The zero-order valence-electron chi connectivity index (χ0n) is 10.2. The molecule has 0 heterocycles. The topological polar surface area (TPSA) is 21.3 Å². The molecule has 0 aliphatic heterocycles. The fraction of sp³-hybridized carbons (Fsp3) is 1.00. The third-order valence-electron chi connectivity index (χ3n) is 2.20. The molecule has 0 saturated carbocycles. The largest absolute Gasteiger partial charge is 0.377 e. The van der Waals surface area contributed by atoms with E-state index in [1.807, 2.05) is 18.8 Å². The van der Waals surface area contributed by atoms with Crippen LogP contribution in [0.5, 0.6) is 0 Å². The summed E-state index contributed by atoms with van der Waals surface area (Å²) in [5.74, 6) is 1.14. The Labute approximate surface area is 93.2 Å². The predicted molar refractivity (Wildman–Crippen MR) is 66.1 cm³/mol. The molecule has 0 radical (unpaired) electrons. The van der Waals surface area contributed by atoms with E-state index in [0.29, 0.717) is 12.1 Å². The van der Waals surface area contributed by atoms with Crippen LogP contribution >= 0.6 is 11.8 Å². The Hall–Kier alpha value is 0.270. The molecule has 0 aromatic carbocycles. The lowest BCUT2D eigenvalue weighted by molar-refractivity contribution is 0.0668. The molecular weight excluding hydrogens is 194 g/mol. The Morgan fingerprint density at radius 1 is 1.29 bits per heavy atom. The van der Waals surface area contributed by atoms with Crippen molar-refractivity contribution in [2.75, 3.05) is 19.4 Å². The monoisotopic (exact) mass is 219 g/mol. The van der Waals surface area contributed by atoms with Gasteiger partial charge in [0, 0.05) is 17.0 Å². The van der Waals surface area contributed by atoms with Crippen LogP contribution in [0.2, 0.25) is 0 Å². The van der Waals surface area contributed by atoms with Crippen molar-refractivity contribution in [3.63, 3.8) is 0 Å². The molecular formula is C11H25NOS. The number of likely N-dealkylation sites (N-methyl/N-ethyl adjacent to an activating group) is 1. The Morgan fingerprint density at radius 2 is 1.93 bits per heavy atom. The van der Waals surface area contributed by atoms with Crippen molar-refractivity contribution in [2.45, 2.75) is 51.5 Å². The van der Waals surface area contributed by atoms with E-state index in [2.05, 4.69) is 33.0 Å². The number of ether oxygens (including phenoxy) is 1. The van der Waals surface area contributed by atoms with Gasteiger partial charge in [-0.1, -0.05) is 13.8 Å². The molecule has 2 atom stereocenters. The van der Waals surface area contributed by atoms with Crippen LogP contribution < -0.4 is 5.32 Å². The van der Waals surface area contributed by atoms with Crippen molar-refractivity contribution in [3.05, 3.63) is 0 Å². The summed E-state index contributed by atoms with van der Waals surface area (Å²) in [5, 5.41) is 4.05. The van der Waals surface area contributed by atoms with E-state index in [1.165, 1.54) is 6.42 Å². The van der Waals surface area contributed by atoms with Crippen molar-refractivity contribution in [3.8, 4) is 0 Å². The fourth-order valence-corrected chi connectivity index (χ4v) is 1.98. The smallest absolute Gasteiger partial charge is 0.0631 e. The van der Waals surface area contributed by atoms with Gasteiger partial charge in [-0.2, -0.15) is 11.8 Å². The van der Waals surface area contributed by atoms with E-state index in [1.54, 1.807) is 0 Å². The standard InChI is InChI=1S/C11H25NOS/c1-6-10(4)14-8-11(12-5)7-13-9(2)3/h9-12H,6-8H2,1-5H3. The Kier molecular flexibility index (Phi) is 8.73. The number of hydrogen-bond acceptors (Lipinski definition) is 3. The molecule has 0 aliphatic carbocycles. The molecule has 0 rings (SSSR count). The summed E-state index contributed by atoms with van der Waals surface area (Å²) in [7, 11) is 2.01. The maximum absolute atomic E-state index is 5.58. The Morgan fingerprint density at radius 3 is 2.36 bits per heavy atom. The second-order valence-electron chi connectivity index (χ2n) is 3.92. The maximum atomic E-state index is 5.58. The highest BCUT2D eigenvalue weighted by molar-refractivity contribution is 7.99. The summed E-state index contributed by atoms with van der Waals surface area (Å²) in [5.41, 5.74) is 0. The van der Waals surface area contributed by atoms with Crippen LogP contribution in [-0.4, -0.2) is 36.8 Å². The molecule has 0 aliphatic rings. The molecule has 0 aromatic heterocycles. The first-order chi connectivity index (χ1) is 6.60. The predicted octanol–water partition coefficient (Wildman–Crippen LogP) is 2.53. The molecule has 14 heavy (non-hydrogen) atoms. The van der Waals surface area contributed by atoms with E-state index in [9.17, 15) is 0 Å². The minimum Gasteiger partial charge on any atom is -0.377 e. The van der Waals surface area contributed by atoms with Gasteiger partial charge in [0.2, 0.25) is 0 Å². The van der Waals surface area contributed by atoms with E-state index < -0.39 is 0 Å². The SMILES string of the molecule is CCC(C)SCC(COC(C)C)NC. The first-order valence-electron chi connectivity index (χ1n) is 5.50. The van der Waals surface area contributed by atoms with Crippen LogP contribution in [0, 0.1) is 0 Å². The van der Waals surface area contributed by atoms with Gasteiger partial charge in [-0.05, 0) is 27.3 Å². The summed E-state index contributed by atoms with van der Waals surface area (Å²) in [6.45, 7) is 9.48. The van der Waals surface area contributed by atoms with E-state index in [-0.39, 0.29) is 0 Å². The van der Waals surface area contributed by atoms with Crippen molar-refractivity contribution < 1.29 is 4.74 Å². The van der Waals surface area contributed by atoms with Crippen molar-refractivity contribution in [1.29, 1.82) is 0 Å². The maximum Gasteiger partial charge on any atom is 0.0631 e. The second-order valence-corrected chi connectivity index (χ2v) is 5.39. The van der Waals surface area contributed by atoms with Crippen molar-refractivity contribution >= 4 is 11.8 Å². The quantitative estimate of drug-likeness (QED) is 0.678. The fourth-order valence-electron chi connectivity index (χ4n) is 0.922. The van der Waals surface area contributed by atoms with Gasteiger partial charge in [0.1, 0.15) is 0 Å². The average molecular weight is 219 g/mol. The van der Waals surface area contributed by atoms with E-state index in [4.69, 9.17) is 4.74 Å². The van der Waals surface area contributed by atoms with Crippen LogP contribution in [0.15, 0.2) is 0 Å². The summed E-state index contributed by atoms with van der Waals surface area (Å²) >= 11 is 2.02. The third-order valence-corrected chi connectivity index (χ3v) is 3.69. The molecule has 0 spiro atoms. The third kappa shape index (κ3) is 7.65. The molecule has 3 heteroatoms. The minimum absolute atomic E-state index is 0.333. The van der Waals surface area contributed by atoms with E-state index >= 15 is 0 Å².